The van der Waals surface area contributed by atoms with Gasteiger partial charge >= 0.3 is 17.9 Å². The van der Waals surface area contributed by atoms with Crippen LogP contribution in [0.1, 0.15) is 80.3 Å². The third-order valence-corrected chi connectivity index (χ3v) is 9.38. The van der Waals surface area contributed by atoms with Crippen LogP contribution >= 0.6 is 0 Å². The van der Waals surface area contributed by atoms with Crippen LogP contribution in [-0.4, -0.2) is 120 Å². The van der Waals surface area contributed by atoms with E-state index in [1.54, 1.807) is 38.7 Å². The zero-order valence-electron chi connectivity index (χ0n) is 39.9. The van der Waals surface area contributed by atoms with Crippen molar-refractivity contribution in [3.63, 3.8) is 0 Å². The maximum absolute atomic E-state index is 12.0. The average Bonchev–Trinajstić information content (AvgIpc) is 3.84. The van der Waals surface area contributed by atoms with Gasteiger partial charge in [-0.2, -0.15) is 5.10 Å². The zero-order chi connectivity index (χ0) is 48.8. The fourth-order valence-corrected chi connectivity index (χ4v) is 5.63. The van der Waals surface area contributed by atoms with Crippen molar-refractivity contribution in [3.8, 4) is 11.3 Å². The number of ketones is 2. The number of rotatable bonds is 17. The van der Waals surface area contributed by atoms with E-state index >= 15 is 0 Å². The van der Waals surface area contributed by atoms with Gasteiger partial charge in [0.1, 0.15) is 0 Å². The Hall–Kier alpha value is -6.04. The molecule has 0 bridgehead atoms. The second-order valence-corrected chi connectivity index (χ2v) is 14.6. The average molecular weight is 891 g/mol. The lowest BCUT2D eigenvalue weighted by Crippen LogP contribution is -2.30. The summed E-state index contributed by atoms with van der Waals surface area (Å²) in [6, 6.07) is 19.2. The van der Waals surface area contributed by atoms with E-state index in [1.807, 2.05) is 95.2 Å². The Kier molecular flexibility index (Phi) is 29.5. The molecule has 4 rings (SSSR count). The number of aromatic nitrogens is 2. The van der Waals surface area contributed by atoms with Gasteiger partial charge < -0.3 is 28.6 Å². The summed E-state index contributed by atoms with van der Waals surface area (Å²) < 4.78 is 23.6. The number of nitrogens with one attached hydrogen (secondary N) is 1. The summed E-state index contributed by atoms with van der Waals surface area (Å²) in [6.07, 6.45) is 7.73. The van der Waals surface area contributed by atoms with Crippen molar-refractivity contribution in [2.24, 2.45) is 11.7 Å². The van der Waals surface area contributed by atoms with Gasteiger partial charge in [-0.1, -0.05) is 36.4 Å². The van der Waals surface area contributed by atoms with Crippen molar-refractivity contribution in [2.75, 3.05) is 63.7 Å². The standard InChI is InChI=1S/C16H21NO3.C14H16N2O2.C13H16O3.C5H13NO2.H4N2/c1-12-5-6-14(15(18)9-10-17(2)3)11-13(12)7-8-16(19)20-4;1-10-3-4-12(13-7-8-15-16-13)9-11(10)5-6-14(17)18-2;1-9-4-5-12(10(2)14)8-11(9)6-7-13(15)16-3;1-6(2)5(7-3)8-4;1-2/h5-6,9-11H,7-8H2,1-4H3;3-4,7-9H,5-6H2,1-2H3,(H,15,16);4-5,8H,6-7H2,1-3H3;5H,1-4H3;1-2H2/b10-9+;;;;. The van der Waals surface area contributed by atoms with Gasteiger partial charge in [0, 0.05) is 77.2 Å². The van der Waals surface area contributed by atoms with Gasteiger partial charge in [-0.3, -0.25) is 45.7 Å². The highest BCUT2D eigenvalue weighted by atomic mass is 16.7. The molecule has 1 aromatic heterocycles. The Bertz CT molecular complexity index is 2040. The first-order valence-electron chi connectivity index (χ1n) is 20.3. The molecule has 1 heterocycles. The van der Waals surface area contributed by atoms with E-state index in [9.17, 15) is 24.0 Å². The van der Waals surface area contributed by atoms with Crippen LogP contribution in [0.5, 0.6) is 0 Å². The number of Topliss-reactive ketones (excluding diaryl/α,β-unsaturated/α-hetero) is 1. The molecule has 0 aliphatic rings. The fraction of sp³-hybridized carbons (Fsp3) is 0.417. The molecule has 0 saturated carbocycles. The number of nitrogens with zero attached hydrogens (tertiary/aromatic N) is 3. The summed E-state index contributed by atoms with van der Waals surface area (Å²) in [5.74, 6) is 7.35. The van der Waals surface area contributed by atoms with Gasteiger partial charge in [-0.25, -0.2) is 0 Å². The van der Waals surface area contributed by atoms with Crippen molar-refractivity contribution in [1.82, 2.24) is 20.0 Å². The van der Waals surface area contributed by atoms with Gasteiger partial charge in [0.2, 0.25) is 6.41 Å². The molecule has 3 aromatic carbocycles. The van der Waals surface area contributed by atoms with Crippen LogP contribution in [-0.2, 0) is 57.3 Å². The van der Waals surface area contributed by atoms with Gasteiger partial charge in [-0.15, -0.1) is 0 Å². The molecule has 0 saturated heterocycles. The number of methoxy groups -OCH3 is 5. The van der Waals surface area contributed by atoms with E-state index in [-0.39, 0.29) is 35.9 Å². The van der Waals surface area contributed by atoms with Crippen LogP contribution in [0.2, 0.25) is 0 Å². The topological polar surface area (TPSA) is 219 Å². The predicted molar refractivity (Wildman–Crippen MR) is 249 cm³/mol. The smallest absolute Gasteiger partial charge is 0.305 e. The number of aryl methyl sites for hydroxylation is 6. The monoisotopic (exact) mass is 891 g/mol. The highest BCUT2D eigenvalue weighted by Crippen LogP contribution is 2.21. The molecule has 0 aliphatic heterocycles. The predicted octanol–water partition coefficient (Wildman–Crippen LogP) is 6.10. The number of hydrazine groups is 1. The fourth-order valence-electron chi connectivity index (χ4n) is 5.63. The van der Waals surface area contributed by atoms with E-state index in [4.69, 9.17) is 9.47 Å². The molecule has 0 radical (unpaired) electrons. The number of carbonyl (C=O) groups is 5. The summed E-state index contributed by atoms with van der Waals surface area (Å²) in [6.45, 7) is 7.52. The van der Waals surface area contributed by atoms with Crippen LogP contribution in [0, 0.1) is 20.8 Å². The molecule has 0 atom stereocenters. The third kappa shape index (κ3) is 22.9. The van der Waals surface area contributed by atoms with Crippen LogP contribution in [0.3, 0.4) is 0 Å². The first-order chi connectivity index (χ1) is 30.4. The number of esters is 3. The number of hydrogen-bond acceptors (Lipinski definition) is 15. The van der Waals surface area contributed by atoms with Crippen molar-refractivity contribution in [1.29, 1.82) is 0 Å². The molecule has 5 N–H and O–H groups in total. The number of benzene rings is 3. The first kappa shape index (κ1) is 58.0. The summed E-state index contributed by atoms with van der Waals surface area (Å²) in [4.78, 5) is 60.2. The molecule has 0 spiro atoms. The number of carbonyl (C=O) groups excluding carboxylic acids is 5. The molecular weight excluding hydrogens is 821 g/mol. The molecule has 0 unspecified atom stereocenters. The summed E-state index contributed by atoms with van der Waals surface area (Å²) >= 11 is 0. The van der Waals surface area contributed by atoms with E-state index in [0.717, 1.165) is 39.1 Å². The van der Waals surface area contributed by atoms with Crippen LogP contribution in [0.15, 0.2) is 79.1 Å². The number of H-pyrrole nitrogens is 1. The minimum absolute atomic E-state index is 0.0410. The van der Waals surface area contributed by atoms with E-state index in [2.05, 4.69) is 48.2 Å². The lowest BCUT2D eigenvalue weighted by Gasteiger charge is -2.19. The number of hydrogen-bond donors (Lipinski definition) is 3. The lowest BCUT2D eigenvalue weighted by atomic mass is 9.99. The lowest BCUT2D eigenvalue weighted by molar-refractivity contribution is -0.179. The van der Waals surface area contributed by atoms with Gasteiger partial charge in [0.15, 0.2) is 11.6 Å². The Balaban J connectivity index is 0.000000845. The van der Waals surface area contributed by atoms with Crippen molar-refractivity contribution in [2.45, 2.75) is 72.6 Å². The van der Waals surface area contributed by atoms with Crippen LogP contribution in [0.25, 0.3) is 11.3 Å². The van der Waals surface area contributed by atoms with Crippen LogP contribution < -0.4 is 11.7 Å². The van der Waals surface area contributed by atoms with E-state index < -0.39 is 0 Å². The molecule has 352 valence electrons. The largest absolute Gasteiger partial charge is 0.469 e. The minimum Gasteiger partial charge on any atom is -0.469 e. The number of ether oxygens (including phenoxy) is 5. The minimum atomic E-state index is -0.242. The molecule has 16 heteroatoms. The normalized spacial score (nSPS) is 10.2. The maximum atomic E-state index is 12.0. The third-order valence-electron chi connectivity index (χ3n) is 9.38. The Morgan fingerprint density at radius 1 is 0.641 bits per heavy atom. The molecule has 0 amide bonds. The maximum Gasteiger partial charge on any atom is 0.305 e. The number of allylic oxidation sites excluding steroid dienone is 1. The van der Waals surface area contributed by atoms with Gasteiger partial charge in [0.05, 0.1) is 27.0 Å². The summed E-state index contributed by atoms with van der Waals surface area (Å²) in [5, 5.41) is 6.87. The highest BCUT2D eigenvalue weighted by Gasteiger charge is 2.10. The van der Waals surface area contributed by atoms with Gasteiger partial charge in [-0.05, 0) is 124 Å². The second kappa shape index (κ2) is 32.6. The zero-order valence-corrected chi connectivity index (χ0v) is 39.9. The molecule has 16 nitrogen and oxygen atoms in total. The van der Waals surface area contributed by atoms with E-state index in [1.165, 1.54) is 39.9 Å². The van der Waals surface area contributed by atoms with E-state index in [0.29, 0.717) is 49.7 Å². The quantitative estimate of drug-likeness (QED) is 0.0208. The Morgan fingerprint density at radius 2 is 1.06 bits per heavy atom. The number of nitrogens with two attached hydrogens (primary N) is 2. The SMILES string of the molecule is COC(=O)CCc1cc(-c2ccn[nH]2)ccc1C.COC(=O)CCc1cc(C(=O)/C=C/N(C)C)ccc1C.COC(=O)CCc1cc(C(C)=O)ccc1C.COC(OC)N(C)C.NN. The summed E-state index contributed by atoms with van der Waals surface area (Å²) in [5.41, 5.74) is 9.91. The molecule has 64 heavy (non-hydrogen) atoms. The summed E-state index contributed by atoms with van der Waals surface area (Å²) in [7, 11) is 14.9. The first-order valence-corrected chi connectivity index (χ1v) is 20.3. The Labute approximate surface area is 379 Å². The molecular formula is C48H70N6O10. The van der Waals surface area contributed by atoms with Crippen molar-refractivity contribution >= 4 is 29.5 Å². The highest BCUT2D eigenvalue weighted by molar-refractivity contribution is 6.04. The molecule has 0 fully saturated rings. The molecule has 4 aromatic rings. The number of aromatic amines is 1. The van der Waals surface area contributed by atoms with Crippen LogP contribution in [0.4, 0.5) is 0 Å². The molecule has 0 aliphatic carbocycles. The Morgan fingerprint density at radius 3 is 1.42 bits per heavy atom. The van der Waals surface area contributed by atoms with Crippen molar-refractivity contribution in [3.05, 3.63) is 124 Å². The van der Waals surface area contributed by atoms with Crippen molar-refractivity contribution < 1.29 is 47.7 Å². The second-order valence-electron chi connectivity index (χ2n) is 14.6. The van der Waals surface area contributed by atoms with Gasteiger partial charge in [0.25, 0.3) is 0 Å².